The van der Waals surface area contributed by atoms with Gasteiger partial charge in [0.05, 0.1) is 5.69 Å². The number of hydrogen-bond donors (Lipinski definition) is 1. The van der Waals surface area contributed by atoms with E-state index in [1.54, 1.807) is 6.39 Å². The maximum atomic E-state index is 5.51. The highest BCUT2D eigenvalue weighted by Gasteiger charge is 2.20. The van der Waals surface area contributed by atoms with Gasteiger partial charge in [0.1, 0.15) is 5.76 Å². The molecule has 3 nitrogen and oxygen atoms in total. The van der Waals surface area contributed by atoms with Crippen molar-refractivity contribution in [3.05, 3.63) is 17.8 Å². The Balaban J connectivity index is 2.05. The van der Waals surface area contributed by atoms with E-state index in [0.717, 1.165) is 43.2 Å². The van der Waals surface area contributed by atoms with E-state index >= 15 is 0 Å². The van der Waals surface area contributed by atoms with E-state index in [0.29, 0.717) is 0 Å². The number of nitrogens with two attached hydrogens (primary N) is 1. The second-order valence-corrected chi connectivity index (χ2v) is 3.41. The van der Waals surface area contributed by atoms with Gasteiger partial charge < -0.3 is 10.2 Å². The highest BCUT2D eigenvalue weighted by atomic mass is 16.3. The van der Waals surface area contributed by atoms with Crippen LogP contribution in [-0.2, 0) is 12.8 Å². The molecule has 1 atom stereocenters. The van der Waals surface area contributed by atoms with Crippen LogP contribution in [0.5, 0.6) is 0 Å². The largest absolute Gasteiger partial charge is 0.448 e. The van der Waals surface area contributed by atoms with E-state index in [1.807, 2.05) is 0 Å². The molecule has 66 valence electrons. The lowest BCUT2D eigenvalue weighted by molar-refractivity contribution is 0.389. The number of aromatic nitrogens is 1. The molecule has 0 saturated carbocycles. The van der Waals surface area contributed by atoms with Gasteiger partial charge in [-0.1, -0.05) is 0 Å². The molecule has 1 aliphatic rings. The topological polar surface area (TPSA) is 52.0 Å². The Bertz CT molecular complexity index is 257. The minimum absolute atomic E-state index is 0.729. The van der Waals surface area contributed by atoms with Gasteiger partial charge in [-0.3, -0.25) is 0 Å². The van der Waals surface area contributed by atoms with Crippen molar-refractivity contribution < 1.29 is 4.42 Å². The van der Waals surface area contributed by atoms with Crippen LogP contribution in [-0.4, -0.2) is 11.5 Å². The number of nitrogens with zero attached hydrogens (tertiary/aromatic N) is 1. The van der Waals surface area contributed by atoms with Crippen LogP contribution in [0.25, 0.3) is 0 Å². The molecule has 0 aromatic carbocycles. The van der Waals surface area contributed by atoms with Crippen LogP contribution in [0.3, 0.4) is 0 Å². The van der Waals surface area contributed by atoms with Crippen LogP contribution in [0.15, 0.2) is 10.8 Å². The summed E-state index contributed by atoms with van der Waals surface area (Å²) in [5.41, 5.74) is 6.66. The van der Waals surface area contributed by atoms with Gasteiger partial charge in [-0.25, -0.2) is 4.98 Å². The van der Waals surface area contributed by atoms with Crippen LogP contribution < -0.4 is 5.73 Å². The Morgan fingerprint density at radius 3 is 3.42 bits per heavy atom. The van der Waals surface area contributed by atoms with Crippen LogP contribution in [0.1, 0.15) is 24.3 Å². The number of hydrogen-bond acceptors (Lipinski definition) is 3. The van der Waals surface area contributed by atoms with Crippen molar-refractivity contribution in [1.29, 1.82) is 0 Å². The van der Waals surface area contributed by atoms with E-state index in [1.165, 1.54) is 6.42 Å². The molecule has 0 spiro atoms. The molecule has 1 unspecified atom stereocenters. The zero-order valence-corrected chi connectivity index (χ0v) is 7.12. The summed E-state index contributed by atoms with van der Waals surface area (Å²) < 4.78 is 5.24. The molecule has 2 rings (SSSR count). The van der Waals surface area contributed by atoms with Crippen molar-refractivity contribution in [3.8, 4) is 0 Å². The molecule has 1 heterocycles. The molecule has 12 heavy (non-hydrogen) atoms. The van der Waals surface area contributed by atoms with E-state index in [2.05, 4.69) is 4.98 Å². The van der Waals surface area contributed by atoms with Crippen LogP contribution in [0, 0.1) is 5.92 Å². The molecule has 0 saturated heterocycles. The first-order valence-electron chi connectivity index (χ1n) is 4.51. The summed E-state index contributed by atoms with van der Waals surface area (Å²) in [7, 11) is 0. The standard InChI is InChI=1S/C9H14N2O/c10-4-3-7-1-2-9-8(5-7)11-6-12-9/h6-7H,1-5,10H2. The molecule has 0 aliphatic heterocycles. The first-order chi connectivity index (χ1) is 5.90. The fourth-order valence-corrected chi connectivity index (χ4v) is 1.86. The Morgan fingerprint density at radius 1 is 1.67 bits per heavy atom. The van der Waals surface area contributed by atoms with Gasteiger partial charge in [-0.2, -0.15) is 0 Å². The summed E-state index contributed by atoms with van der Waals surface area (Å²) in [6, 6.07) is 0. The van der Waals surface area contributed by atoms with Gasteiger partial charge in [0, 0.05) is 6.42 Å². The number of aryl methyl sites for hydroxylation is 1. The zero-order valence-electron chi connectivity index (χ0n) is 7.12. The lowest BCUT2D eigenvalue weighted by Gasteiger charge is -2.18. The van der Waals surface area contributed by atoms with Crippen molar-refractivity contribution in [2.75, 3.05) is 6.54 Å². The van der Waals surface area contributed by atoms with Crippen LogP contribution >= 0.6 is 0 Å². The third-order valence-electron chi connectivity index (χ3n) is 2.56. The summed E-state index contributed by atoms with van der Waals surface area (Å²) in [6.45, 7) is 0.790. The van der Waals surface area contributed by atoms with Gasteiger partial charge in [-0.05, 0) is 31.7 Å². The molecule has 1 aromatic rings. The lowest BCUT2D eigenvalue weighted by atomic mass is 9.88. The fraction of sp³-hybridized carbons (Fsp3) is 0.667. The van der Waals surface area contributed by atoms with Crippen LogP contribution in [0.4, 0.5) is 0 Å². The molecule has 1 aromatic heterocycles. The second kappa shape index (κ2) is 3.27. The number of fused-ring (bicyclic) bond motifs is 1. The summed E-state index contributed by atoms with van der Waals surface area (Å²) in [5.74, 6) is 1.82. The van der Waals surface area contributed by atoms with E-state index < -0.39 is 0 Å². The minimum Gasteiger partial charge on any atom is -0.448 e. The van der Waals surface area contributed by atoms with Crippen LogP contribution in [0.2, 0.25) is 0 Å². The van der Waals surface area contributed by atoms with Crippen molar-refractivity contribution in [2.45, 2.75) is 25.7 Å². The Morgan fingerprint density at radius 2 is 2.58 bits per heavy atom. The molecule has 0 fully saturated rings. The van der Waals surface area contributed by atoms with E-state index in [9.17, 15) is 0 Å². The molecule has 0 radical (unpaired) electrons. The number of rotatable bonds is 2. The maximum Gasteiger partial charge on any atom is 0.181 e. The predicted octanol–water partition coefficient (Wildman–Crippen LogP) is 1.13. The normalized spacial score (nSPS) is 22.2. The SMILES string of the molecule is NCCC1CCc2ocnc2C1. The zero-order chi connectivity index (χ0) is 8.39. The second-order valence-electron chi connectivity index (χ2n) is 3.41. The summed E-state index contributed by atoms with van der Waals surface area (Å²) >= 11 is 0. The van der Waals surface area contributed by atoms with Crippen molar-refractivity contribution in [2.24, 2.45) is 11.7 Å². The Labute approximate surface area is 72.0 Å². The summed E-state index contributed by atoms with van der Waals surface area (Å²) in [6.07, 6.45) is 5.98. The van der Waals surface area contributed by atoms with Gasteiger partial charge in [0.2, 0.25) is 0 Å². The van der Waals surface area contributed by atoms with E-state index in [-0.39, 0.29) is 0 Å². The number of oxazole rings is 1. The third kappa shape index (κ3) is 1.37. The predicted molar refractivity (Wildman–Crippen MR) is 45.7 cm³/mol. The van der Waals surface area contributed by atoms with Gasteiger partial charge in [-0.15, -0.1) is 0 Å². The van der Waals surface area contributed by atoms with Crippen molar-refractivity contribution in [3.63, 3.8) is 0 Å². The highest BCUT2D eigenvalue weighted by Crippen LogP contribution is 2.25. The van der Waals surface area contributed by atoms with E-state index in [4.69, 9.17) is 10.2 Å². The van der Waals surface area contributed by atoms with Gasteiger partial charge >= 0.3 is 0 Å². The maximum absolute atomic E-state index is 5.51. The smallest absolute Gasteiger partial charge is 0.181 e. The molecular weight excluding hydrogens is 152 g/mol. The lowest BCUT2D eigenvalue weighted by Crippen LogP contribution is -2.17. The summed E-state index contributed by atoms with van der Waals surface area (Å²) in [4.78, 5) is 4.18. The minimum atomic E-state index is 0.729. The third-order valence-corrected chi connectivity index (χ3v) is 2.56. The van der Waals surface area contributed by atoms with Crippen molar-refractivity contribution >= 4 is 0 Å². The molecule has 0 amide bonds. The first kappa shape index (κ1) is 7.80. The van der Waals surface area contributed by atoms with Gasteiger partial charge in [0.25, 0.3) is 0 Å². The monoisotopic (exact) mass is 166 g/mol. The summed E-state index contributed by atoms with van der Waals surface area (Å²) in [5, 5.41) is 0. The molecule has 1 aliphatic carbocycles. The highest BCUT2D eigenvalue weighted by molar-refractivity contribution is 5.11. The Hall–Kier alpha value is -0.830. The molecular formula is C9H14N2O. The first-order valence-corrected chi connectivity index (χ1v) is 4.51. The fourth-order valence-electron chi connectivity index (χ4n) is 1.86. The van der Waals surface area contributed by atoms with Gasteiger partial charge in [0.15, 0.2) is 6.39 Å². The average Bonchev–Trinajstić information content (AvgIpc) is 2.51. The molecule has 0 bridgehead atoms. The molecule has 3 heteroatoms. The average molecular weight is 166 g/mol. The quantitative estimate of drug-likeness (QED) is 0.716. The van der Waals surface area contributed by atoms with Crippen molar-refractivity contribution in [1.82, 2.24) is 4.98 Å². The Kier molecular flexibility index (Phi) is 2.13. The molecule has 2 N–H and O–H groups in total.